The second-order valence-electron chi connectivity index (χ2n) is 15.6. The summed E-state index contributed by atoms with van der Waals surface area (Å²) in [7, 11) is 1.76. The van der Waals surface area contributed by atoms with Gasteiger partial charge >= 0.3 is 6.01 Å². The van der Waals surface area contributed by atoms with Crippen LogP contribution in [-0.2, 0) is 11.8 Å². The molecule has 5 aliphatic heterocycles. The van der Waals surface area contributed by atoms with E-state index >= 15 is 8.78 Å². The number of ether oxygens (including phenoxy) is 2. The van der Waals surface area contributed by atoms with E-state index in [4.69, 9.17) is 31.0 Å². The molecule has 0 amide bonds. The SMILES string of the molecule is C#Cc1c(F)ccc2cc(O)cc(-c3c(F)c4nc(OC[C@@]56CCCN5C[C@H](F)C6)nc(N5C[C@H]6CC[C@@H](C5)N6CC5CCO5)c4c4cn(C)nc34)c12. The molecule has 5 saturated heterocycles. The number of aromatic nitrogens is 4. The molecular weight excluding hydrogens is 683 g/mol. The molecule has 0 aliphatic carbocycles. The van der Waals surface area contributed by atoms with Crippen molar-refractivity contribution in [1.29, 1.82) is 0 Å². The standard InChI is InChI=1S/C40H40F3N7O3/c1-3-28-31(42)8-5-22-13-26(51)14-29(32(22)28)33-35(43)37-34(30-20-47(2)46-36(30)33)38(48-17-24-6-7-25(18-48)50(24)19-27-9-12-52-27)45-39(44-37)53-21-40-10-4-11-49(40)16-23(41)15-40/h1,5,8,13-14,20,23-25,27,51H,4,6-7,9-12,15-19,21H2,2H3/t23-,24-,25+,27?,40+/m1/s1. The number of hydrogen-bond donors (Lipinski definition) is 1. The van der Waals surface area contributed by atoms with Crippen molar-refractivity contribution in [1.82, 2.24) is 29.5 Å². The van der Waals surface area contributed by atoms with Gasteiger partial charge in [0.1, 0.15) is 41.2 Å². The van der Waals surface area contributed by atoms with Crippen LogP contribution in [-0.4, -0.2) is 110 Å². The molecule has 0 spiro atoms. The summed E-state index contributed by atoms with van der Waals surface area (Å²) >= 11 is 0. The van der Waals surface area contributed by atoms with Gasteiger partial charge in [0.2, 0.25) is 0 Å². The summed E-state index contributed by atoms with van der Waals surface area (Å²) in [5, 5.41) is 17.4. The van der Waals surface area contributed by atoms with Crippen LogP contribution in [0.2, 0.25) is 0 Å². The summed E-state index contributed by atoms with van der Waals surface area (Å²) < 4.78 is 61.5. The maximum absolute atomic E-state index is 17.7. The lowest BCUT2D eigenvalue weighted by Crippen LogP contribution is -2.57. The van der Waals surface area contributed by atoms with Crippen LogP contribution in [0.3, 0.4) is 0 Å². The number of benzene rings is 3. The summed E-state index contributed by atoms with van der Waals surface area (Å²) in [5.41, 5.74) is 0.0528. The first kappa shape index (κ1) is 33.0. The number of aromatic hydroxyl groups is 1. The molecule has 5 aromatic rings. The van der Waals surface area contributed by atoms with Crippen LogP contribution in [0.25, 0.3) is 43.7 Å². The number of terminal acetylenes is 1. The van der Waals surface area contributed by atoms with Crippen molar-refractivity contribution in [2.45, 2.75) is 68.4 Å². The van der Waals surface area contributed by atoms with E-state index in [9.17, 15) is 9.50 Å². The van der Waals surface area contributed by atoms with Crippen molar-refractivity contribution >= 4 is 38.4 Å². The lowest BCUT2D eigenvalue weighted by atomic mass is 9.91. The third-order valence-electron chi connectivity index (χ3n) is 12.5. The van der Waals surface area contributed by atoms with Crippen molar-refractivity contribution < 1.29 is 27.8 Å². The molecule has 1 N–H and O–H groups in total. The van der Waals surface area contributed by atoms with E-state index in [0.29, 0.717) is 53.5 Å². The van der Waals surface area contributed by atoms with Crippen molar-refractivity contribution in [3.8, 4) is 35.2 Å². The summed E-state index contributed by atoms with van der Waals surface area (Å²) in [6, 6.07) is 6.19. The summed E-state index contributed by atoms with van der Waals surface area (Å²) in [4.78, 5) is 16.8. The molecular formula is C40H40F3N7O3. The van der Waals surface area contributed by atoms with Gasteiger partial charge in [0.25, 0.3) is 0 Å². The minimum absolute atomic E-state index is 0.0119. The van der Waals surface area contributed by atoms with Gasteiger partial charge in [0, 0.05) is 80.9 Å². The van der Waals surface area contributed by atoms with Crippen LogP contribution in [0.1, 0.15) is 44.1 Å². The minimum atomic E-state index is -0.933. The number of aryl methyl sites for hydroxylation is 1. The Morgan fingerprint density at radius 2 is 1.89 bits per heavy atom. The molecule has 1 unspecified atom stereocenters. The normalized spacial score (nSPS) is 27.2. The second-order valence-corrected chi connectivity index (χ2v) is 15.6. The number of piperazine rings is 1. The first-order valence-electron chi connectivity index (χ1n) is 18.6. The van der Waals surface area contributed by atoms with E-state index in [-0.39, 0.29) is 64.1 Å². The third kappa shape index (κ3) is 5.16. The number of phenolic OH excluding ortho intramolecular Hbond substituents is 1. The van der Waals surface area contributed by atoms with Gasteiger partial charge in [-0.15, -0.1) is 6.42 Å². The van der Waals surface area contributed by atoms with Crippen LogP contribution in [0, 0.1) is 24.0 Å². The maximum Gasteiger partial charge on any atom is 0.319 e. The Morgan fingerprint density at radius 3 is 2.64 bits per heavy atom. The van der Waals surface area contributed by atoms with Gasteiger partial charge in [-0.3, -0.25) is 14.5 Å². The number of alkyl halides is 1. The molecule has 7 heterocycles. The molecule has 274 valence electrons. The monoisotopic (exact) mass is 723 g/mol. The molecule has 0 radical (unpaired) electrons. The third-order valence-corrected chi connectivity index (χ3v) is 12.5. The first-order chi connectivity index (χ1) is 25.7. The molecule has 13 heteroatoms. The number of nitrogens with zero attached hydrogens (tertiary/aromatic N) is 7. The number of halogens is 3. The van der Waals surface area contributed by atoms with E-state index in [2.05, 4.69) is 20.6 Å². The van der Waals surface area contributed by atoms with Gasteiger partial charge in [0.15, 0.2) is 5.82 Å². The van der Waals surface area contributed by atoms with Crippen molar-refractivity contribution in [2.24, 2.45) is 7.05 Å². The lowest BCUT2D eigenvalue weighted by Gasteiger charge is -2.44. The topological polar surface area (TPSA) is 92.0 Å². The molecule has 10 nitrogen and oxygen atoms in total. The number of anilines is 1. The van der Waals surface area contributed by atoms with Gasteiger partial charge in [-0.1, -0.05) is 12.0 Å². The van der Waals surface area contributed by atoms with Crippen LogP contribution < -0.4 is 9.64 Å². The molecule has 2 bridgehead atoms. The number of fused-ring (bicyclic) bond motifs is 7. The molecule has 10 rings (SSSR count). The fourth-order valence-corrected chi connectivity index (χ4v) is 9.99. The fourth-order valence-electron chi connectivity index (χ4n) is 9.99. The highest BCUT2D eigenvalue weighted by Gasteiger charge is 2.49. The summed E-state index contributed by atoms with van der Waals surface area (Å²) in [5.74, 6) is 1.51. The predicted molar refractivity (Wildman–Crippen MR) is 195 cm³/mol. The Balaban J connectivity index is 1.17. The summed E-state index contributed by atoms with van der Waals surface area (Å²) in [6.07, 6.45) is 12.3. The van der Waals surface area contributed by atoms with Gasteiger partial charge in [0.05, 0.1) is 22.6 Å². The minimum Gasteiger partial charge on any atom is -0.508 e. The number of rotatable bonds is 7. The number of hydrogen-bond acceptors (Lipinski definition) is 9. The van der Waals surface area contributed by atoms with Gasteiger partial charge < -0.3 is 19.5 Å². The Kier molecular flexibility index (Phi) is 7.59. The second kappa shape index (κ2) is 12.2. The van der Waals surface area contributed by atoms with Gasteiger partial charge in [-0.05, 0) is 67.8 Å². The average Bonchev–Trinajstić information content (AvgIpc) is 3.83. The van der Waals surface area contributed by atoms with E-state index in [1.807, 2.05) is 6.20 Å². The zero-order valence-corrected chi connectivity index (χ0v) is 29.5. The Hall–Kier alpha value is -4.64. The zero-order valence-electron chi connectivity index (χ0n) is 29.5. The first-order valence-corrected chi connectivity index (χ1v) is 18.6. The summed E-state index contributed by atoms with van der Waals surface area (Å²) in [6.45, 7) is 4.45. The van der Waals surface area contributed by atoms with Crippen molar-refractivity contribution in [3.63, 3.8) is 0 Å². The number of phenols is 1. The Bertz CT molecular complexity index is 2340. The quantitative estimate of drug-likeness (QED) is 0.213. The van der Waals surface area contributed by atoms with E-state index in [1.165, 1.54) is 24.3 Å². The molecule has 0 saturated carbocycles. The van der Waals surface area contributed by atoms with Gasteiger partial charge in [-0.25, -0.2) is 13.2 Å². The highest BCUT2D eigenvalue weighted by molar-refractivity contribution is 6.18. The predicted octanol–water partition coefficient (Wildman–Crippen LogP) is 5.70. The molecule has 2 aromatic heterocycles. The van der Waals surface area contributed by atoms with Crippen LogP contribution in [0.5, 0.6) is 11.8 Å². The van der Waals surface area contributed by atoms with Crippen LogP contribution in [0.15, 0.2) is 30.5 Å². The van der Waals surface area contributed by atoms with Crippen molar-refractivity contribution in [3.05, 3.63) is 47.7 Å². The van der Waals surface area contributed by atoms with Crippen molar-refractivity contribution in [2.75, 3.05) is 50.8 Å². The maximum atomic E-state index is 17.7. The lowest BCUT2D eigenvalue weighted by molar-refractivity contribution is -0.0744. The van der Waals surface area contributed by atoms with E-state index in [1.54, 1.807) is 11.7 Å². The molecule has 5 aliphatic rings. The molecule has 5 fully saturated rings. The zero-order chi connectivity index (χ0) is 36.2. The largest absolute Gasteiger partial charge is 0.508 e. The Labute approximate surface area is 304 Å². The molecule has 3 aromatic carbocycles. The highest BCUT2D eigenvalue weighted by atomic mass is 19.1. The van der Waals surface area contributed by atoms with E-state index in [0.717, 1.165) is 51.8 Å². The highest BCUT2D eigenvalue weighted by Crippen LogP contribution is 2.46. The smallest absolute Gasteiger partial charge is 0.319 e. The average molecular weight is 724 g/mol. The molecule has 5 atom stereocenters. The van der Waals surface area contributed by atoms with E-state index < -0.39 is 23.3 Å². The Morgan fingerprint density at radius 1 is 1.08 bits per heavy atom. The molecule has 53 heavy (non-hydrogen) atoms. The van der Waals surface area contributed by atoms with Crippen LogP contribution in [0.4, 0.5) is 19.0 Å². The fraction of sp³-hybridized carbons (Fsp3) is 0.475. The van der Waals surface area contributed by atoms with Crippen LogP contribution >= 0.6 is 0 Å². The van der Waals surface area contributed by atoms with Gasteiger partial charge in [-0.2, -0.15) is 15.1 Å².